The summed E-state index contributed by atoms with van der Waals surface area (Å²) in [6.45, 7) is 3.36. The molecule has 0 atom stereocenters. The number of thiophene rings is 1. The summed E-state index contributed by atoms with van der Waals surface area (Å²) >= 11 is 4.97. The molecule has 1 fully saturated rings. The third kappa shape index (κ3) is 3.44. The van der Waals surface area contributed by atoms with Gasteiger partial charge in [0.05, 0.1) is 16.8 Å². The van der Waals surface area contributed by atoms with Crippen LogP contribution in [-0.4, -0.2) is 42.0 Å². The summed E-state index contributed by atoms with van der Waals surface area (Å²) in [6.07, 6.45) is 4.64. The Bertz CT molecular complexity index is 617. The second-order valence-electron chi connectivity index (χ2n) is 4.97. The Hall–Kier alpha value is -1.40. The number of amides is 1. The third-order valence-electron chi connectivity index (χ3n) is 3.57. The summed E-state index contributed by atoms with van der Waals surface area (Å²) in [5.41, 5.74) is 1.11. The lowest BCUT2D eigenvalue weighted by Gasteiger charge is -2.23. The van der Waals surface area contributed by atoms with E-state index in [2.05, 4.69) is 31.9 Å². The summed E-state index contributed by atoms with van der Waals surface area (Å²) in [6, 6.07) is 5.90. The van der Waals surface area contributed by atoms with Crippen molar-refractivity contribution < 1.29 is 4.79 Å². The first-order chi connectivity index (χ1) is 10.2. The fourth-order valence-electron chi connectivity index (χ4n) is 2.51. The molecule has 0 bridgehead atoms. The second kappa shape index (κ2) is 6.58. The summed E-state index contributed by atoms with van der Waals surface area (Å²) in [5.74, 6) is 0.152. The average Bonchev–Trinajstić information content (AvgIpc) is 2.91. The molecular formula is C15H16BrN3OS. The summed E-state index contributed by atoms with van der Waals surface area (Å²) < 4.78 is 0.982. The molecule has 0 aliphatic carbocycles. The highest BCUT2D eigenvalue weighted by Gasteiger charge is 2.21. The van der Waals surface area contributed by atoms with Gasteiger partial charge in [-0.15, -0.1) is 11.3 Å². The van der Waals surface area contributed by atoms with Gasteiger partial charge in [-0.3, -0.25) is 9.78 Å². The van der Waals surface area contributed by atoms with Crippen molar-refractivity contribution in [1.29, 1.82) is 0 Å². The number of pyridine rings is 1. The van der Waals surface area contributed by atoms with Crippen LogP contribution in [0.15, 0.2) is 40.4 Å². The number of hydrogen-bond donors (Lipinski definition) is 0. The second-order valence-corrected chi connectivity index (χ2v) is 6.83. The molecular weight excluding hydrogens is 350 g/mol. The van der Waals surface area contributed by atoms with Gasteiger partial charge in [-0.05, 0) is 39.9 Å². The minimum absolute atomic E-state index is 0.152. The number of rotatable bonds is 2. The van der Waals surface area contributed by atoms with Crippen molar-refractivity contribution in [2.45, 2.75) is 6.42 Å². The maximum absolute atomic E-state index is 12.4. The Morgan fingerprint density at radius 3 is 2.90 bits per heavy atom. The first kappa shape index (κ1) is 14.5. The van der Waals surface area contributed by atoms with E-state index in [1.165, 1.54) is 11.3 Å². The SMILES string of the molecule is O=C(c1cccs1)N1CCCN(c2cncc(Br)c2)CC1. The summed E-state index contributed by atoms with van der Waals surface area (Å²) in [5, 5.41) is 1.95. The lowest BCUT2D eigenvalue weighted by molar-refractivity contribution is 0.0772. The van der Waals surface area contributed by atoms with Gasteiger partial charge in [0.15, 0.2) is 0 Å². The molecule has 1 aliphatic rings. The number of carbonyl (C=O) groups excluding carboxylic acids is 1. The highest BCUT2D eigenvalue weighted by Crippen LogP contribution is 2.20. The van der Waals surface area contributed by atoms with Crippen LogP contribution in [0.3, 0.4) is 0 Å². The normalized spacial score (nSPS) is 15.9. The van der Waals surface area contributed by atoms with Crippen molar-refractivity contribution in [2.75, 3.05) is 31.1 Å². The van der Waals surface area contributed by atoms with E-state index in [1.807, 2.05) is 28.6 Å². The molecule has 3 rings (SSSR count). The third-order valence-corrected chi connectivity index (χ3v) is 4.86. The van der Waals surface area contributed by atoms with Crippen LogP contribution >= 0.6 is 27.3 Å². The van der Waals surface area contributed by atoms with E-state index in [1.54, 1.807) is 6.20 Å². The van der Waals surface area contributed by atoms with Crippen LogP contribution < -0.4 is 4.90 Å². The highest BCUT2D eigenvalue weighted by molar-refractivity contribution is 9.10. The van der Waals surface area contributed by atoms with Gasteiger partial charge in [0.2, 0.25) is 0 Å². The molecule has 0 spiro atoms. The molecule has 4 nitrogen and oxygen atoms in total. The molecule has 21 heavy (non-hydrogen) atoms. The molecule has 110 valence electrons. The Morgan fingerprint density at radius 2 is 2.14 bits per heavy atom. The zero-order chi connectivity index (χ0) is 14.7. The topological polar surface area (TPSA) is 36.4 Å². The number of anilines is 1. The van der Waals surface area contributed by atoms with Crippen molar-refractivity contribution in [3.8, 4) is 0 Å². The van der Waals surface area contributed by atoms with Gasteiger partial charge in [-0.2, -0.15) is 0 Å². The fraction of sp³-hybridized carbons (Fsp3) is 0.333. The van der Waals surface area contributed by atoms with E-state index in [0.29, 0.717) is 0 Å². The molecule has 2 aromatic heterocycles. The number of aromatic nitrogens is 1. The van der Waals surface area contributed by atoms with Crippen LogP contribution in [0.25, 0.3) is 0 Å². The highest BCUT2D eigenvalue weighted by atomic mass is 79.9. The minimum atomic E-state index is 0.152. The van der Waals surface area contributed by atoms with E-state index >= 15 is 0 Å². The summed E-state index contributed by atoms with van der Waals surface area (Å²) in [4.78, 5) is 21.7. The lowest BCUT2D eigenvalue weighted by atomic mass is 10.3. The van der Waals surface area contributed by atoms with E-state index in [9.17, 15) is 4.79 Å². The predicted octanol–water partition coefficient (Wildman–Crippen LogP) is 3.26. The van der Waals surface area contributed by atoms with E-state index in [0.717, 1.165) is 47.6 Å². The van der Waals surface area contributed by atoms with Gasteiger partial charge in [0, 0.05) is 36.8 Å². The minimum Gasteiger partial charge on any atom is -0.368 e. The monoisotopic (exact) mass is 365 g/mol. The lowest BCUT2D eigenvalue weighted by Crippen LogP contribution is -2.34. The van der Waals surface area contributed by atoms with Crippen LogP contribution in [-0.2, 0) is 0 Å². The zero-order valence-electron chi connectivity index (χ0n) is 11.5. The summed E-state index contributed by atoms with van der Waals surface area (Å²) in [7, 11) is 0. The first-order valence-corrected chi connectivity index (χ1v) is 8.59. The van der Waals surface area contributed by atoms with E-state index in [-0.39, 0.29) is 5.91 Å². The van der Waals surface area contributed by atoms with Gasteiger partial charge >= 0.3 is 0 Å². The molecule has 0 saturated carbocycles. The fourth-order valence-corrected chi connectivity index (χ4v) is 3.55. The molecule has 3 heterocycles. The molecule has 0 N–H and O–H groups in total. The van der Waals surface area contributed by atoms with Crippen LogP contribution in [0, 0.1) is 0 Å². The van der Waals surface area contributed by atoms with Crippen LogP contribution in [0.4, 0.5) is 5.69 Å². The largest absolute Gasteiger partial charge is 0.368 e. The standard InChI is InChI=1S/C15H16BrN3OS/c16-12-9-13(11-17-10-12)18-4-2-5-19(7-6-18)15(20)14-3-1-8-21-14/h1,3,8-11H,2,4-7H2. The molecule has 2 aromatic rings. The predicted molar refractivity (Wildman–Crippen MR) is 89.0 cm³/mol. The molecule has 6 heteroatoms. The molecule has 1 amide bonds. The molecule has 0 aromatic carbocycles. The van der Waals surface area contributed by atoms with Crippen molar-refractivity contribution >= 4 is 38.9 Å². The quantitative estimate of drug-likeness (QED) is 0.819. The number of hydrogen-bond acceptors (Lipinski definition) is 4. The van der Waals surface area contributed by atoms with Crippen molar-refractivity contribution in [2.24, 2.45) is 0 Å². The van der Waals surface area contributed by atoms with Gasteiger partial charge in [-0.25, -0.2) is 0 Å². The van der Waals surface area contributed by atoms with E-state index < -0.39 is 0 Å². The van der Waals surface area contributed by atoms with E-state index in [4.69, 9.17) is 0 Å². The molecule has 1 saturated heterocycles. The maximum Gasteiger partial charge on any atom is 0.263 e. The molecule has 0 radical (unpaired) electrons. The van der Waals surface area contributed by atoms with Gasteiger partial charge in [0.1, 0.15) is 0 Å². The number of carbonyl (C=O) groups is 1. The smallest absolute Gasteiger partial charge is 0.263 e. The zero-order valence-corrected chi connectivity index (χ0v) is 13.9. The Labute approximate surface area is 136 Å². The Kier molecular flexibility index (Phi) is 4.55. The number of nitrogens with zero attached hydrogens (tertiary/aromatic N) is 3. The Morgan fingerprint density at radius 1 is 1.24 bits per heavy atom. The van der Waals surface area contributed by atoms with Gasteiger partial charge < -0.3 is 9.80 Å². The Balaban J connectivity index is 1.68. The van der Waals surface area contributed by atoms with Crippen molar-refractivity contribution in [3.63, 3.8) is 0 Å². The number of halogens is 1. The molecule has 1 aliphatic heterocycles. The van der Waals surface area contributed by atoms with Crippen molar-refractivity contribution in [1.82, 2.24) is 9.88 Å². The molecule has 0 unspecified atom stereocenters. The first-order valence-electron chi connectivity index (χ1n) is 6.92. The van der Waals surface area contributed by atoms with Gasteiger partial charge in [-0.1, -0.05) is 6.07 Å². The maximum atomic E-state index is 12.4. The van der Waals surface area contributed by atoms with Gasteiger partial charge in [0.25, 0.3) is 5.91 Å². The average molecular weight is 366 g/mol. The van der Waals surface area contributed by atoms with Crippen LogP contribution in [0.5, 0.6) is 0 Å². The van der Waals surface area contributed by atoms with Crippen LogP contribution in [0.1, 0.15) is 16.1 Å². The van der Waals surface area contributed by atoms with Crippen LogP contribution in [0.2, 0.25) is 0 Å². The van der Waals surface area contributed by atoms with Crippen molar-refractivity contribution in [3.05, 3.63) is 45.3 Å².